The highest BCUT2D eigenvalue weighted by Gasteiger charge is 2.48. The number of para-hydroxylation sites is 1. The highest BCUT2D eigenvalue weighted by atomic mass is 15.1. The molecule has 12 rings (SSSR count). The van der Waals surface area contributed by atoms with Crippen molar-refractivity contribution in [2.24, 2.45) is 0 Å². The molecule has 0 fully saturated rings. The van der Waals surface area contributed by atoms with Gasteiger partial charge in [-0.2, -0.15) is 0 Å². The summed E-state index contributed by atoms with van der Waals surface area (Å²) in [6, 6.07) is 87.9. The number of nitrogens with zero attached hydrogens (tertiary/aromatic N) is 1. The van der Waals surface area contributed by atoms with Crippen molar-refractivity contribution in [1.82, 2.24) is 0 Å². The lowest BCUT2D eigenvalue weighted by Crippen LogP contribution is -2.30. The van der Waals surface area contributed by atoms with Crippen molar-refractivity contribution in [3.05, 3.63) is 270 Å². The Morgan fingerprint density at radius 1 is 0.349 bits per heavy atom. The van der Waals surface area contributed by atoms with E-state index in [0.717, 1.165) is 17.1 Å². The first-order chi connectivity index (χ1) is 31.0. The summed E-state index contributed by atoms with van der Waals surface area (Å²) in [5.41, 5.74) is 20.4. The zero-order valence-corrected chi connectivity index (χ0v) is 35.5. The van der Waals surface area contributed by atoms with E-state index in [0.29, 0.717) is 0 Å². The minimum absolute atomic E-state index is 0.136. The third-order valence-electron chi connectivity index (χ3n) is 13.9. The monoisotopic (exact) mass is 803 g/mol. The van der Waals surface area contributed by atoms with E-state index in [1.165, 1.54) is 88.7 Å². The fourth-order valence-corrected chi connectivity index (χ4v) is 11.2. The maximum Gasteiger partial charge on any atom is 0.0734 e. The minimum atomic E-state index is -0.598. The second-order valence-corrected chi connectivity index (χ2v) is 17.6. The molecule has 10 aromatic rings. The first-order valence-electron chi connectivity index (χ1n) is 22.1. The Bertz CT molecular complexity index is 3310. The fourth-order valence-electron chi connectivity index (χ4n) is 11.2. The highest BCUT2D eigenvalue weighted by Crippen LogP contribution is 2.61. The molecule has 0 N–H and O–H groups in total. The molecule has 0 amide bonds. The summed E-state index contributed by atoms with van der Waals surface area (Å²) < 4.78 is 0. The van der Waals surface area contributed by atoms with Gasteiger partial charge in [0.1, 0.15) is 0 Å². The lowest BCUT2D eigenvalue weighted by Gasteiger charge is -2.38. The molecule has 0 spiro atoms. The Balaban J connectivity index is 1.19. The van der Waals surface area contributed by atoms with E-state index < -0.39 is 5.41 Å². The minimum Gasteiger partial charge on any atom is -0.309 e. The van der Waals surface area contributed by atoms with Crippen molar-refractivity contribution in [2.75, 3.05) is 4.90 Å². The van der Waals surface area contributed by atoms with E-state index in [-0.39, 0.29) is 5.41 Å². The number of rotatable bonds is 7. The Morgan fingerprint density at radius 3 is 1.65 bits per heavy atom. The summed E-state index contributed by atoms with van der Waals surface area (Å²) in [5, 5.41) is 2.57. The quantitative estimate of drug-likeness (QED) is 0.155. The van der Waals surface area contributed by atoms with Gasteiger partial charge in [0.05, 0.1) is 16.8 Å². The van der Waals surface area contributed by atoms with Crippen molar-refractivity contribution in [1.29, 1.82) is 0 Å². The van der Waals surface area contributed by atoms with Crippen LogP contribution in [0.5, 0.6) is 0 Å². The molecule has 63 heavy (non-hydrogen) atoms. The standard InChI is InChI=1S/C62H45N/c1-61(2)53-39-38-44(41-52(53)59-49-30-16-15-23-43(49)37-40-55(59)61)58-48(42-21-7-3-8-22-42)32-19-35-56(58)63(47-28-13-6-14-29-47)57-36-20-33-51-50-31-17-18-34-54(50)62(60(51)57,45-24-9-4-10-25-45)46-26-11-5-12-27-46/h3-41H,1-2H3. The second-order valence-electron chi connectivity index (χ2n) is 17.6. The fraction of sp³-hybridized carbons (Fsp3) is 0.0645. The summed E-state index contributed by atoms with van der Waals surface area (Å²) in [7, 11) is 0. The largest absolute Gasteiger partial charge is 0.309 e. The van der Waals surface area contributed by atoms with E-state index in [1.807, 2.05) is 0 Å². The van der Waals surface area contributed by atoms with E-state index >= 15 is 0 Å². The summed E-state index contributed by atoms with van der Waals surface area (Å²) in [5.74, 6) is 0. The first-order valence-corrected chi connectivity index (χ1v) is 22.1. The van der Waals surface area contributed by atoms with Crippen LogP contribution >= 0.6 is 0 Å². The van der Waals surface area contributed by atoms with Crippen LogP contribution in [0.2, 0.25) is 0 Å². The molecule has 1 heteroatoms. The molecule has 0 bridgehead atoms. The Morgan fingerprint density at radius 2 is 0.921 bits per heavy atom. The van der Waals surface area contributed by atoms with Crippen LogP contribution in [0.4, 0.5) is 17.1 Å². The molecule has 0 aliphatic heterocycles. The van der Waals surface area contributed by atoms with Crippen LogP contribution in [0, 0.1) is 0 Å². The molecule has 0 aromatic heterocycles. The molecule has 0 heterocycles. The molecule has 0 atom stereocenters. The van der Waals surface area contributed by atoms with Gasteiger partial charge in [0.2, 0.25) is 0 Å². The third-order valence-corrected chi connectivity index (χ3v) is 13.9. The molecule has 0 saturated heterocycles. The van der Waals surface area contributed by atoms with Crippen LogP contribution in [0.15, 0.2) is 237 Å². The second kappa shape index (κ2) is 14.4. The predicted molar refractivity (Wildman–Crippen MR) is 264 cm³/mol. The predicted octanol–water partition coefficient (Wildman–Crippen LogP) is 16.3. The third kappa shape index (κ3) is 5.49. The highest BCUT2D eigenvalue weighted by molar-refractivity contribution is 6.05. The molecule has 10 aromatic carbocycles. The smallest absolute Gasteiger partial charge is 0.0734 e. The van der Waals surface area contributed by atoms with Gasteiger partial charge in [0.25, 0.3) is 0 Å². The van der Waals surface area contributed by atoms with Crippen molar-refractivity contribution in [2.45, 2.75) is 24.7 Å². The Hall–Kier alpha value is -7.74. The molecule has 0 radical (unpaired) electrons. The van der Waals surface area contributed by atoms with E-state index in [2.05, 4.69) is 255 Å². The average molecular weight is 804 g/mol. The number of benzene rings is 10. The molecule has 2 aliphatic rings. The van der Waals surface area contributed by atoms with E-state index in [4.69, 9.17) is 0 Å². The van der Waals surface area contributed by atoms with Gasteiger partial charge in [-0.25, -0.2) is 0 Å². The van der Waals surface area contributed by atoms with Crippen LogP contribution in [0.1, 0.15) is 47.2 Å². The lowest BCUT2D eigenvalue weighted by atomic mass is 9.67. The number of hydrogen-bond acceptors (Lipinski definition) is 1. The maximum absolute atomic E-state index is 2.55. The van der Waals surface area contributed by atoms with Gasteiger partial charge in [-0.05, 0) is 108 Å². The van der Waals surface area contributed by atoms with Crippen molar-refractivity contribution >= 4 is 27.8 Å². The normalized spacial score (nSPS) is 13.8. The van der Waals surface area contributed by atoms with Crippen molar-refractivity contribution < 1.29 is 0 Å². The van der Waals surface area contributed by atoms with Crippen LogP contribution in [-0.4, -0.2) is 0 Å². The molecule has 298 valence electrons. The first kappa shape index (κ1) is 37.1. The molecule has 2 aliphatic carbocycles. The summed E-state index contributed by atoms with van der Waals surface area (Å²) in [6.45, 7) is 4.76. The van der Waals surface area contributed by atoms with Crippen molar-refractivity contribution in [3.63, 3.8) is 0 Å². The average Bonchev–Trinajstić information content (AvgIpc) is 3.78. The molecular formula is C62H45N. The van der Waals surface area contributed by atoms with Gasteiger partial charge >= 0.3 is 0 Å². The molecular weight excluding hydrogens is 759 g/mol. The summed E-state index contributed by atoms with van der Waals surface area (Å²) >= 11 is 0. The number of anilines is 3. The van der Waals surface area contributed by atoms with Gasteiger partial charge in [-0.1, -0.05) is 220 Å². The van der Waals surface area contributed by atoms with Crippen molar-refractivity contribution in [3.8, 4) is 44.5 Å². The van der Waals surface area contributed by atoms with E-state index in [9.17, 15) is 0 Å². The van der Waals surface area contributed by atoms with Gasteiger partial charge in [0, 0.05) is 22.2 Å². The van der Waals surface area contributed by atoms with Gasteiger partial charge < -0.3 is 4.90 Å². The van der Waals surface area contributed by atoms with Gasteiger partial charge in [-0.3, -0.25) is 0 Å². The molecule has 0 unspecified atom stereocenters. The maximum atomic E-state index is 2.55. The zero-order valence-electron chi connectivity index (χ0n) is 35.5. The zero-order chi connectivity index (χ0) is 42.1. The van der Waals surface area contributed by atoms with Gasteiger partial charge in [0.15, 0.2) is 0 Å². The van der Waals surface area contributed by atoms with Crippen LogP contribution in [-0.2, 0) is 10.8 Å². The SMILES string of the molecule is CC1(C)c2ccc(-c3c(-c4ccccc4)cccc3N(c3ccccc3)c3cccc4c3C(c3ccccc3)(c3ccccc3)c3ccccc3-4)cc2-c2c1ccc1ccccc21. The Kier molecular flexibility index (Phi) is 8.49. The summed E-state index contributed by atoms with van der Waals surface area (Å²) in [6.07, 6.45) is 0. The lowest BCUT2D eigenvalue weighted by molar-refractivity contribution is 0.661. The molecule has 1 nitrogen and oxygen atoms in total. The Labute approximate surface area is 370 Å². The number of hydrogen-bond donors (Lipinski definition) is 0. The summed E-state index contributed by atoms with van der Waals surface area (Å²) in [4.78, 5) is 2.55. The van der Waals surface area contributed by atoms with Crippen LogP contribution in [0.25, 0.3) is 55.3 Å². The van der Waals surface area contributed by atoms with Crippen LogP contribution < -0.4 is 4.90 Å². The van der Waals surface area contributed by atoms with Gasteiger partial charge in [-0.15, -0.1) is 0 Å². The number of fused-ring (bicyclic) bond motifs is 8. The molecule has 0 saturated carbocycles. The van der Waals surface area contributed by atoms with Crippen LogP contribution in [0.3, 0.4) is 0 Å². The van der Waals surface area contributed by atoms with E-state index in [1.54, 1.807) is 0 Å². The topological polar surface area (TPSA) is 3.24 Å².